The van der Waals surface area contributed by atoms with Crippen LogP contribution in [0.5, 0.6) is 0 Å². The first-order chi connectivity index (χ1) is 6.25. The molecule has 0 bridgehead atoms. The summed E-state index contributed by atoms with van der Waals surface area (Å²) in [5.41, 5.74) is 0. The quantitative estimate of drug-likeness (QED) is 0.676. The molecule has 2 heteroatoms. The predicted molar refractivity (Wildman–Crippen MR) is 56.9 cm³/mol. The molecular weight excluding hydrogens is 182 g/mol. The van der Waals surface area contributed by atoms with Crippen molar-refractivity contribution in [1.82, 2.24) is 4.90 Å². The van der Waals surface area contributed by atoms with Crippen LogP contribution in [0.1, 0.15) is 25.7 Å². The lowest BCUT2D eigenvalue weighted by atomic mass is 9.92. The van der Waals surface area contributed by atoms with Crippen LogP contribution < -0.4 is 0 Å². The normalized spacial score (nSPS) is 26.2. The smallest absolute Gasteiger partial charge is 0.0335 e. The summed E-state index contributed by atoms with van der Waals surface area (Å²) in [5, 5.41) is 0.782. The molecule has 0 aromatic heterocycles. The highest BCUT2D eigenvalue weighted by molar-refractivity contribution is 6.29. The van der Waals surface area contributed by atoms with E-state index in [2.05, 4.69) is 11.5 Å². The molecule has 0 aromatic carbocycles. The zero-order valence-corrected chi connectivity index (χ0v) is 8.89. The standard InChI is InChI=1S/C11H18ClN/c1-9(12)8-13-6-4-11(5-7-13)10-2-3-10/h10-11H,1-8H2. The van der Waals surface area contributed by atoms with Crippen LogP contribution in [0.4, 0.5) is 0 Å². The Balaban J connectivity index is 1.72. The van der Waals surface area contributed by atoms with Crippen LogP contribution >= 0.6 is 11.6 Å². The summed E-state index contributed by atoms with van der Waals surface area (Å²) in [6, 6.07) is 0. The number of halogens is 1. The number of rotatable bonds is 3. The largest absolute Gasteiger partial charge is 0.298 e. The maximum Gasteiger partial charge on any atom is 0.0335 e. The highest BCUT2D eigenvalue weighted by Crippen LogP contribution is 2.41. The average Bonchev–Trinajstić information content (AvgIpc) is 2.87. The second-order valence-electron chi connectivity index (χ2n) is 4.47. The molecule has 0 amide bonds. The Hall–Kier alpha value is -0.0100. The molecule has 0 radical (unpaired) electrons. The molecule has 74 valence electrons. The number of hydrogen-bond donors (Lipinski definition) is 0. The van der Waals surface area contributed by atoms with Gasteiger partial charge in [-0.3, -0.25) is 4.90 Å². The van der Waals surface area contributed by atoms with Gasteiger partial charge in [0.1, 0.15) is 0 Å². The lowest BCUT2D eigenvalue weighted by Crippen LogP contribution is -2.35. The molecular formula is C11H18ClN. The summed E-state index contributed by atoms with van der Waals surface area (Å²) in [4.78, 5) is 2.42. The van der Waals surface area contributed by atoms with Gasteiger partial charge in [-0.2, -0.15) is 0 Å². The van der Waals surface area contributed by atoms with E-state index in [1.54, 1.807) is 0 Å². The predicted octanol–water partition coefficient (Wildman–Crippen LogP) is 2.86. The topological polar surface area (TPSA) is 3.24 Å². The molecule has 13 heavy (non-hydrogen) atoms. The Labute approximate surface area is 85.8 Å². The van der Waals surface area contributed by atoms with E-state index in [0.29, 0.717) is 0 Å². The van der Waals surface area contributed by atoms with E-state index in [-0.39, 0.29) is 0 Å². The third-order valence-corrected chi connectivity index (χ3v) is 3.44. The second-order valence-corrected chi connectivity index (χ2v) is 5.00. The molecule has 2 rings (SSSR count). The maximum atomic E-state index is 5.79. The van der Waals surface area contributed by atoms with Gasteiger partial charge in [0.15, 0.2) is 0 Å². The maximum absolute atomic E-state index is 5.79. The minimum absolute atomic E-state index is 0.782. The molecule has 2 aliphatic rings. The van der Waals surface area contributed by atoms with Crippen molar-refractivity contribution in [1.29, 1.82) is 0 Å². The summed E-state index contributed by atoms with van der Waals surface area (Å²) >= 11 is 5.79. The van der Waals surface area contributed by atoms with Crippen LogP contribution in [-0.4, -0.2) is 24.5 Å². The van der Waals surface area contributed by atoms with Gasteiger partial charge in [0.25, 0.3) is 0 Å². The van der Waals surface area contributed by atoms with Crippen LogP contribution in [0.15, 0.2) is 11.6 Å². The Kier molecular flexibility index (Phi) is 2.95. The fourth-order valence-corrected chi connectivity index (χ4v) is 2.56. The van der Waals surface area contributed by atoms with Crippen molar-refractivity contribution in [3.05, 3.63) is 11.6 Å². The van der Waals surface area contributed by atoms with Crippen LogP contribution in [0, 0.1) is 11.8 Å². The van der Waals surface area contributed by atoms with E-state index < -0.39 is 0 Å². The third kappa shape index (κ3) is 2.72. The average molecular weight is 200 g/mol. The van der Waals surface area contributed by atoms with E-state index >= 15 is 0 Å². The van der Waals surface area contributed by atoms with Crippen molar-refractivity contribution in [2.45, 2.75) is 25.7 Å². The van der Waals surface area contributed by atoms with Crippen molar-refractivity contribution in [2.24, 2.45) is 11.8 Å². The molecule has 1 aliphatic carbocycles. The van der Waals surface area contributed by atoms with Crippen LogP contribution in [0.3, 0.4) is 0 Å². The van der Waals surface area contributed by atoms with Gasteiger partial charge in [0.2, 0.25) is 0 Å². The zero-order valence-electron chi connectivity index (χ0n) is 8.14. The van der Waals surface area contributed by atoms with Gasteiger partial charge < -0.3 is 0 Å². The molecule has 0 N–H and O–H groups in total. The molecule has 0 aromatic rings. The van der Waals surface area contributed by atoms with Crippen LogP contribution in [0.25, 0.3) is 0 Å². The molecule has 2 fully saturated rings. The number of hydrogen-bond acceptors (Lipinski definition) is 1. The number of likely N-dealkylation sites (tertiary alicyclic amines) is 1. The lowest BCUT2D eigenvalue weighted by molar-refractivity contribution is 0.186. The summed E-state index contributed by atoms with van der Waals surface area (Å²) in [7, 11) is 0. The number of piperidine rings is 1. The molecule has 1 saturated carbocycles. The monoisotopic (exact) mass is 199 g/mol. The van der Waals surface area contributed by atoms with Gasteiger partial charge in [-0.15, -0.1) is 0 Å². The van der Waals surface area contributed by atoms with E-state index in [1.165, 1.54) is 38.8 Å². The van der Waals surface area contributed by atoms with Crippen molar-refractivity contribution in [3.8, 4) is 0 Å². The van der Waals surface area contributed by atoms with E-state index in [4.69, 9.17) is 11.6 Å². The minimum Gasteiger partial charge on any atom is -0.298 e. The molecule has 0 atom stereocenters. The van der Waals surface area contributed by atoms with Crippen molar-refractivity contribution < 1.29 is 0 Å². The Morgan fingerprint density at radius 1 is 1.15 bits per heavy atom. The SMILES string of the molecule is C=C(Cl)CN1CCC(C2CC2)CC1. The molecule has 1 nitrogen and oxygen atoms in total. The van der Waals surface area contributed by atoms with E-state index in [9.17, 15) is 0 Å². The number of nitrogens with zero attached hydrogens (tertiary/aromatic N) is 1. The van der Waals surface area contributed by atoms with Gasteiger partial charge >= 0.3 is 0 Å². The fourth-order valence-electron chi connectivity index (χ4n) is 2.39. The first-order valence-electron chi connectivity index (χ1n) is 5.31. The molecule has 1 aliphatic heterocycles. The highest BCUT2D eigenvalue weighted by atomic mass is 35.5. The Morgan fingerprint density at radius 3 is 2.15 bits per heavy atom. The molecule has 0 spiro atoms. The summed E-state index contributed by atoms with van der Waals surface area (Å²) in [6.07, 6.45) is 5.75. The van der Waals surface area contributed by atoms with Crippen LogP contribution in [0.2, 0.25) is 0 Å². The van der Waals surface area contributed by atoms with Crippen molar-refractivity contribution >= 4 is 11.6 Å². The van der Waals surface area contributed by atoms with E-state index in [0.717, 1.165) is 23.4 Å². The van der Waals surface area contributed by atoms with Crippen molar-refractivity contribution in [3.63, 3.8) is 0 Å². The minimum atomic E-state index is 0.782. The van der Waals surface area contributed by atoms with Crippen molar-refractivity contribution in [2.75, 3.05) is 19.6 Å². The second kappa shape index (κ2) is 4.02. The summed E-state index contributed by atoms with van der Waals surface area (Å²) < 4.78 is 0. The van der Waals surface area contributed by atoms with Gasteiger partial charge in [-0.1, -0.05) is 18.2 Å². The van der Waals surface area contributed by atoms with Gasteiger partial charge in [0.05, 0.1) is 0 Å². The van der Waals surface area contributed by atoms with Gasteiger partial charge in [0, 0.05) is 11.6 Å². The molecule has 1 heterocycles. The van der Waals surface area contributed by atoms with E-state index in [1.807, 2.05) is 0 Å². The fraction of sp³-hybridized carbons (Fsp3) is 0.818. The zero-order chi connectivity index (χ0) is 9.26. The molecule has 1 saturated heterocycles. The Morgan fingerprint density at radius 2 is 1.69 bits per heavy atom. The molecule has 0 unspecified atom stereocenters. The first kappa shape index (κ1) is 9.54. The summed E-state index contributed by atoms with van der Waals surface area (Å²) in [5.74, 6) is 2.11. The van der Waals surface area contributed by atoms with Crippen LogP contribution in [-0.2, 0) is 0 Å². The Bertz CT molecular complexity index is 190. The highest BCUT2D eigenvalue weighted by Gasteiger charge is 2.33. The summed E-state index contributed by atoms with van der Waals surface area (Å²) in [6.45, 7) is 7.09. The van der Waals surface area contributed by atoms with Gasteiger partial charge in [-0.05, 0) is 50.6 Å². The lowest BCUT2D eigenvalue weighted by Gasteiger charge is -2.31. The van der Waals surface area contributed by atoms with Gasteiger partial charge in [-0.25, -0.2) is 0 Å². The first-order valence-corrected chi connectivity index (χ1v) is 5.69. The third-order valence-electron chi connectivity index (χ3n) is 3.32.